The highest BCUT2D eigenvalue weighted by atomic mass is 35.5. The third-order valence-electron chi connectivity index (χ3n) is 2.27. The van der Waals surface area contributed by atoms with Crippen molar-refractivity contribution in [2.75, 3.05) is 6.54 Å². The Morgan fingerprint density at radius 2 is 2.10 bits per heavy atom. The summed E-state index contributed by atoms with van der Waals surface area (Å²) in [4.78, 5) is 19.8. The molecule has 1 aromatic carbocycles. The summed E-state index contributed by atoms with van der Waals surface area (Å²) in [5.41, 5.74) is -0.402. The average Bonchev–Trinajstić information content (AvgIpc) is 2.34. The number of non-ortho nitro benzene ring substituents is 1. The van der Waals surface area contributed by atoms with E-state index < -0.39 is 31.5 Å². The number of halogens is 1. The SMILES string of the molecule is O=C(O)CCCNS(=O)(=O)c1cc([N+](=O)[O-])ccc1Cl. The van der Waals surface area contributed by atoms with Crippen LogP contribution in [-0.4, -0.2) is 31.0 Å². The molecule has 0 radical (unpaired) electrons. The molecule has 0 spiro atoms. The van der Waals surface area contributed by atoms with Gasteiger partial charge in [0.25, 0.3) is 5.69 Å². The molecular formula is C10H11ClN2O6S. The zero-order valence-corrected chi connectivity index (χ0v) is 11.6. The second-order valence-corrected chi connectivity index (χ2v) is 5.91. The predicted molar refractivity (Wildman–Crippen MR) is 70.2 cm³/mol. The van der Waals surface area contributed by atoms with Crippen molar-refractivity contribution in [3.05, 3.63) is 33.3 Å². The van der Waals surface area contributed by atoms with Gasteiger partial charge in [-0.2, -0.15) is 0 Å². The Bertz CT molecular complexity index is 631. The number of nitro groups is 1. The second-order valence-electron chi connectivity index (χ2n) is 3.77. The van der Waals surface area contributed by atoms with Crippen LogP contribution in [0.1, 0.15) is 12.8 Å². The largest absolute Gasteiger partial charge is 0.481 e. The number of benzene rings is 1. The number of carboxylic acid groups (broad SMARTS) is 1. The summed E-state index contributed by atoms with van der Waals surface area (Å²) in [6.45, 7) is -0.104. The minimum Gasteiger partial charge on any atom is -0.481 e. The number of nitrogens with zero attached hydrogens (tertiary/aromatic N) is 1. The summed E-state index contributed by atoms with van der Waals surface area (Å²) < 4.78 is 26.0. The van der Waals surface area contributed by atoms with Crippen LogP contribution in [0.4, 0.5) is 5.69 Å². The van der Waals surface area contributed by atoms with Gasteiger partial charge in [-0.25, -0.2) is 13.1 Å². The number of aliphatic carboxylic acids is 1. The third kappa shape index (κ3) is 4.44. The lowest BCUT2D eigenvalue weighted by Gasteiger charge is -2.07. The molecule has 0 unspecified atom stereocenters. The lowest BCUT2D eigenvalue weighted by molar-refractivity contribution is -0.385. The van der Waals surface area contributed by atoms with Gasteiger partial charge in [0.1, 0.15) is 4.90 Å². The highest BCUT2D eigenvalue weighted by Gasteiger charge is 2.21. The molecule has 0 aromatic heterocycles. The molecule has 0 saturated heterocycles. The van der Waals surface area contributed by atoms with Crippen LogP contribution in [-0.2, 0) is 14.8 Å². The number of nitrogens with one attached hydrogen (secondary N) is 1. The zero-order chi connectivity index (χ0) is 15.3. The first kappa shape index (κ1) is 16.3. The molecule has 10 heteroatoms. The van der Waals surface area contributed by atoms with E-state index in [1.807, 2.05) is 0 Å². The molecule has 0 fully saturated rings. The van der Waals surface area contributed by atoms with E-state index in [1.165, 1.54) is 0 Å². The average molecular weight is 323 g/mol. The van der Waals surface area contributed by atoms with Crippen molar-refractivity contribution in [3.8, 4) is 0 Å². The Balaban J connectivity index is 2.89. The Labute approximate surface area is 119 Å². The van der Waals surface area contributed by atoms with Gasteiger partial charge in [0.05, 0.1) is 9.95 Å². The molecule has 2 N–H and O–H groups in total. The fourth-order valence-electron chi connectivity index (χ4n) is 1.34. The molecule has 0 aliphatic heterocycles. The molecule has 0 heterocycles. The number of hydrogen-bond acceptors (Lipinski definition) is 5. The zero-order valence-electron chi connectivity index (χ0n) is 10.1. The van der Waals surface area contributed by atoms with Gasteiger partial charge in [-0.1, -0.05) is 11.6 Å². The van der Waals surface area contributed by atoms with Crippen molar-refractivity contribution in [2.24, 2.45) is 0 Å². The minimum absolute atomic E-state index is 0.0983. The van der Waals surface area contributed by atoms with Gasteiger partial charge in [0, 0.05) is 25.1 Å². The van der Waals surface area contributed by atoms with Crippen LogP contribution in [0.2, 0.25) is 5.02 Å². The number of nitro benzene ring substituents is 1. The molecule has 0 amide bonds. The van der Waals surface area contributed by atoms with E-state index in [2.05, 4.69) is 4.72 Å². The summed E-state index contributed by atoms with van der Waals surface area (Å²) in [5, 5.41) is 18.9. The van der Waals surface area contributed by atoms with Crippen molar-refractivity contribution in [1.29, 1.82) is 0 Å². The molecule has 0 bridgehead atoms. The Morgan fingerprint density at radius 3 is 2.65 bits per heavy atom. The topological polar surface area (TPSA) is 127 Å². The molecule has 0 aliphatic carbocycles. The fraction of sp³-hybridized carbons (Fsp3) is 0.300. The highest BCUT2D eigenvalue weighted by Crippen LogP contribution is 2.25. The number of rotatable bonds is 7. The maximum absolute atomic E-state index is 11.9. The van der Waals surface area contributed by atoms with Crippen LogP contribution in [0.3, 0.4) is 0 Å². The molecular weight excluding hydrogens is 312 g/mol. The van der Waals surface area contributed by atoms with E-state index in [0.29, 0.717) is 0 Å². The lowest BCUT2D eigenvalue weighted by atomic mass is 10.3. The maximum Gasteiger partial charge on any atom is 0.303 e. The standard InChI is InChI=1S/C10H11ClN2O6S/c11-8-4-3-7(13(16)17)6-9(8)20(18,19)12-5-1-2-10(14)15/h3-4,6,12H,1-2,5H2,(H,14,15). The van der Waals surface area contributed by atoms with Crippen LogP contribution in [0.15, 0.2) is 23.1 Å². The quantitative estimate of drug-likeness (QED) is 0.443. The van der Waals surface area contributed by atoms with E-state index >= 15 is 0 Å². The first-order chi connectivity index (χ1) is 9.24. The summed E-state index contributed by atoms with van der Waals surface area (Å²) in [5.74, 6) is -1.04. The monoisotopic (exact) mass is 322 g/mol. The van der Waals surface area contributed by atoms with Crippen molar-refractivity contribution in [1.82, 2.24) is 4.72 Å². The summed E-state index contributed by atoms with van der Waals surface area (Å²) in [6.07, 6.45) is -0.0910. The van der Waals surface area contributed by atoms with Gasteiger partial charge in [-0.05, 0) is 12.5 Å². The molecule has 1 rings (SSSR count). The van der Waals surface area contributed by atoms with Crippen LogP contribution in [0.25, 0.3) is 0 Å². The van der Waals surface area contributed by atoms with E-state index in [0.717, 1.165) is 18.2 Å². The molecule has 0 saturated carbocycles. The summed E-state index contributed by atoms with van der Waals surface area (Å²) >= 11 is 5.71. The Hall–Kier alpha value is -1.71. The van der Waals surface area contributed by atoms with Crippen molar-refractivity contribution in [2.45, 2.75) is 17.7 Å². The number of sulfonamides is 1. The second kappa shape index (κ2) is 6.64. The van der Waals surface area contributed by atoms with Crippen LogP contribution in [0.5, 0.6) is 0 Å². The van der Waals surface area contributed by atoms with E-state index in [9.17, 15) is 23.3 Å². The molecule has 1 aromatic rings. The summed E-state index contributed by atoms with van der Waals surface area (Å²) in [7, 11) is -4.02. The Morgan fingerprint density at radius 1 is 1.45 bits per heavy atom. The van der Waals surface area contributed by atoms with Gasteiger partial charge in [-0.3, -0.25) is 14.9 Å². The van der Waals surface area contributed by atoms with Crippen LogP contribution < -0.4 is 4.72 Å². The highest BCUT2D eigenvalue weighted by molar-refractivity contribution is 7.89. The van der Waals surface area contributed by atoms with E-state index in [4.69, 9.17) is 16.7 Å². The minimum atomic E-state index is -4.02. The molecule has 8 nitrogen and oxygen atoms in total. The number of hydrogen-bond donors (Lipinski definition) is 2. The first-order valence-electron chi connectivity index (χ1n) is 5.39. The predicted octanol–water partition coefficient (Wildman–Crippen LogP) is 1.39. The molecule has 0 atom stereocenters. The van der Waals surface area contributed by atoms with Gasteiger partial charge >= 0.3 is 5.97 Å². The normalized spacial score (nSPS) is 11.2. The van der Waals surface area contributed by atoms with Crippen molar-refractivity contribution < 1.29 is 23.2 Å². The van der Waals surface area contributed by atoms with E-state index in [1.54, 1.807) is 0 Å². The fourth-order valence-corrected chi connectivity index (χ4v) is 2.93. The van der Waals surface area contributed by atoms with Crippen LogP contribution >= 0.6 is 11.6 Å². The van der Waals surface area contributed by atoms with Crippen molar-refractivity contribution in [3.63, 3.8) is 0 Å². The lowest BCUT2D eigenvalue weighted by Crippen LogP contribution is -2.25. The van der Waals surface area contributed by atoms with Gasteiger partial charge in [-0.15, -0.1) is 0 Å². The number of carbonyl (C=O) groups is 1. The van der Waals surface area contributed by atoms with E-state index in [-0.39, 0.29) is 24.4 Å². The third-order valence-corrected chi connectivity index (χ3v) is 4.22. The molecule has 0 aliphatic rings. The first-order valence-corrected chi connectivity index (χ1v) is 7.25. The maximum atomic E-state index is 11.9. The number of carboxylic acids is 1. The van der Waals surface area contributed by atoms with Gasteiger partial charge in [0.15, 0.2) is 0 Å². The smallest absolute Gasteiger partial charge is 0.303 e. The van der Waals surface area contributed by atoms with Crippen LogP contribution in [0, 0.1) is 10.1 Å². The Kier molecular flexibility index (Phi) is 5.43. The molecule has 110 valence electrons. The molecule has 20 heavy (non-hydrogen) atoms. The van der Waals surface area contributed by atoms with Gasteiger partial charge < -0.3 is 5.11 Å². The van der Waals surface area contributed by atoms with Crippen molar-refractivity contribution >= 4 is 33.3 Å². The summed E-state index contributed by atoms with van der Waals surface area (Å²) in [6, 6.07) is 3.05. The van der Waals surface area contributed by atoms with Gasteiger partial charge in [0.2, 0.25) is 10.0 Å².